The molecule has 0 aliphatic rings. The molecule has 2 aromatic rings. The predicted molar refractivity (Wildman–Crippen MR) is 54.1 cm³/mol. The van der Waals surface area contributed by atoms with E-state index in [-0.39, 0.29) is 0 Å². The molecule has 0 fully saturated rings. The van der Waals surface area contributed by atoms with Crippen molar-refractivity contribution in [3.63, 3.8) is 0 Å². The normalized spacial score (nSPS) is 10.8. The highest BCUT2D eigenvalue weighted by Gasteiger charge is 1.95. The summed E-state index contributed by atoms with van der Waals surface area (Å²) in [7, 11) is 0. The fourth-order valence-electron chi connectivity index (χ4n) is 1.44. The molecule has 0 aliphatic carbocycles. The van der Waals surface area contributed by atoms with Crippen LogP contribution in [-0.4, -0.2) is 40.4 Å². The maximum Gasteiger partial charge on any atom is 0.162 e. The minimum absolute atomic E-state index is 0.835. The molecule has 0 atom stereocenters. The van der Waals surface area contributed by atoms with Gasteiger partial charge >= 0.3 is 0 Å². The number of rotatable bonds is 7. The Hall–Kier alpha value is -1.86. The van der Waals surface area contributed by atoms with Gasteiger partial charge in [0.2, 0.25) is 0 Å². The van der Waals surface area contributed by atoms with Crippen molar-refractivity contribution in [2.45, 2.75) is 38.8 Å². The van der Waals surface area contributed by atoms with E-state index in [2.05, 4.69) is 30.8 Å². The lowest BCUT2D eigenvalue weighted by atomic mass is 10.2. The summed E-state index contributed by atoms with van der Waals surface area (Å²) in [5, 5.41) is 22.8. The first-order valence-corrected chi connectivity index (χ1v) is 5.37. The van der Waals surface area contributed by atoms with Crippen molar-refractivity contribution < 1.29 is 0 Å². The lowest BCUT2D eigenvalue weighted by molar-refractivity contribution is 0.448. The second-order valence-corrected chi connectivity index (χ2v) is 3.48. The second-order valence-electron chi connectivity index (χ2n) is 3.48. The molecular formula is C8H14N8. The molecule has 0 N–H and O–H groups in total. The van der Waals surface area contributed by atoms with Crippen LogP contribution in [-0.2, 0) is 13.1 Å². The Morgan fingerprint density at radius 3 is 1.56 bits per heavy atom. The summed E-state index contributed by atoms with van der Waals surface area (Å²) < 4.78 is 0. The average molecular weight is 222 g/mol. The van der Waals surface area contributed by atoms with E-state index in [4.69, 9.17) is 0 Å². The Balaban J connectivity index is 1.49. The van der Waals surface area contributed by atoms with Crippen LogP contribution in [0.4, 0.5) is 0 Å². The Morgan fingerprint density at radius 2 is 1.19 bits per heavy atom. The fourth-order valence-corrected chi connectivity index (χ4v) is 1.44. The van der Waals surface area contributed by atoms with E-state index in [0.717, 1.165) is 38.8 Å². The van der Waals surface area contributed by atoms with E-state index >= 15 is 0 Å². The van der Waals surface area contributed by atoms with Crippen LogP contribution in [0.5, 0.6) is 0 Å². The van der Waals surface area contributed by atoms with E-state index in [9.17, 15) is 0 Å². The molecule has 0 aromatic carbocycles. The van der Waals surface area contributed by atoms with Crippen molar-refractivity contribution in [2.75, 3.05) is 0 Å². The zero-order valence-corrected chi connectivity index (χ0v) is 8.98. The molecule has 86 valence electrons. The summed E-state index contributed by atoms with van der Waals surface area (Å²) in [6.07, 6.45) is 7.35. The Morgan fingerprint density at radius 1 is 0.688 bits per heavy atom. The molecular weight excluding hydrogens is 208 g/mol. The zero-order valence-electron chi connectivity index (χ0n) is 8.98. The van der Waals surface area contributed by atoms with Crippen LogP contribution in [0.3, 0.4) is 0 Å². The van der Waals surface area contributed by atoms with Crippen LogP contribution in [0.1, 0.15) is 25.7 Å². The molecule has 0 bridgehead atoms. The van der Waals surface area contributed by atoms with Crippen LogP contribution in [0.15, 0.2) is 12.7 Å². The average Bonchev–Trinajstić information content (AvgIpc) is 2.96. The first-order valence-electron chi connectivity index (χ1n) is 5.37. The molecule has 0 unspecified atom stereocenters. The van der Waals surface area contributed by atoms with Crippen molar-refractivity contribution in [1.82, 2.24) is 40.4 Å². The molecule has 8 nitrogen and oxygen atoms in total. The molecule has 2 rings (SSSR count). The van der Waals surface area contributed by atoms with Gasteiger partial charge in [-0.3, -0.25) is 0 Å². The maximum atomic E-state index is 3.94. The third-order valence-electron chi connectivity index (χ3n) is 2.25. The molecule has 0 saturated heterocycles. The quantitative estimate of drug-likeness (QED) is 0.609. The van der Waals surface area contributed by atoms with Crippen molar-refractivity contribution in [3.05, 3.63) is 12.7 Å². The molecule has 0 radical (unpaired) electrons. The van der Waals surface area contributed by atoms with E-state index in [1.165, 1.54) is 12.7 Å². The highest BCUT2D eigenvalue weighted by molar-refractivity contribution is 4.46. The molecule has 0 spiro atoms. The van der Waals surface area contributed by atoms with Gasteiger partial charge in [0.05, 0.1) is 13.1 Å². The summed E-state index contributed by atoms with van der Waals surface area (Å²) in [4.78, 5) is 3.22. The standard InChI is InChI=1S/C8H14N8/c1(3-5-15-11-7-9-13-15)2-4-6-16-12-8-10-14-16/h7-8H,1-6H2. The topological polar surface area (TPSA) is 87.2 Å². The third-order valence-corrected chi connectivity index (χ3v) is 2.25. The second kappa shape index (κ2) is 5.89. The van der Waals surface area contributed by atoms with Crippen LogP contribution < -0.4 is 0 Å². The monoisotopic (exact) mass is 222 g/mol. The molecule has 8 heteroatoms. The molecule has 2 aromatic heterocycles. The van der Waals surface area contributed by atoms with Crippen molar-refractivity contribution >= 4 is 0 Å². The van der Waals surface area contributed by atoms with Crippen LogP contribution in [0.2, 0.25) is 0 Å². The van der Waals surface area contributed by atoms with Gasteiger partial charge in [0.25, 0.3) is 0 Å². The maximum absolute atomic E-state index is 3.94. The molecule has 16 heavy (non-hydrogen) atoms. The summed E-state index contributed by atoms with van der Waals surface area (Å²) >= 11 is 0. The number of unbranched alkanes of at least 4 members (excludes halogenated alkanes) is 3. The van der Waals surface area contributed by atoms with Gasteiger partial charge in [0, 0.05) is 0 Å². The molecule has 0 aliphatic heterocycles. The van der Waals surface area contributed by atoms with Gasteiger partial charge in [-0.05, 0) is 23.3 Å². The largest absolute Gasteiger partial charge is 0.164 e. The molecule has 0 amide bonds. The first-order chi connectivity index (χ1) is 7.95. The number of nitrogens with zero attached hydrogens (tertiary/aromatic N) is 8. The Labute approximate surface area is 92.6 Å². The number of aryl methyl sites for hydroxylation is 2. The molecule has 2 heterocycles. The lowest BCUT2D eigenvalue weighted by Gasteiger charge is -2.00. The zero-order chi connectivity index (χ0) is 11.1. The van der Waals surface area contributed by atoms with E-state index in [0.29, 0.717) is 0 Å². The van der Waals surface area contributed by atoms with Gasteiger partial charge in [0.1, 0.15) is 0 Å². The number of tetrazole rings is 2. The summed E-state index contributed by atoms with van der Waals surface area (Å²) in [6, 6.07) is 0. The van der Waals surface area contributed by atoms with Gasteiger partial charge in [-0.1, -0.05) is 12.8 Å². The highest BCUT2D eigenvalue weighted by Crippen LogP contribution is 2.01. The fraction of sp³-hybridized carbons (Fsp3) is 0.750. The van der Waals surface area contributed by atoms with Crippen LogP contribution in [0, 0.1) is 0 Å². The summed E-state index contributed by atoms with van der Waals surface area (Å²) in [5.74, 6) is 0. The minimum Gasteiger partial charge on any atom is -0.164 e. The van der Waals surface area contributed by atoms with Gasteiger partial charge in [-0.25, -0.2) is 0 Å². The lowest BCUT2D eigenvalue weighted by Crippen LogP contribution is -2.04. The van der Waals surface area contributed by atoms with E-state index < -0.39 is 0 Å². The predicted octanol–water partition coefficient (Wildman–Crippen LogP) is -0.0798. The van der Waals surface area contributed by atoms with Gasteiger partial charge in [0.15, 0.2) is 12.7 Å². The van der Waals surface area contributed by atoms with Crippen LogP contribution >= 0.6 is 0 Å². The third kappa shape index (κ3) is 3.37. The Kier molecular flexibility index (Phi) is 3.92. The summed E-state index contributed by atoms with van der Waals surface area (Å²) in [6.45, 7) is 1.67. The Bertz CT molecular complexity index is 328. The SMILES string of the molecule is c1nnn(CCCCCCn2ncnn2)n1. The minimum atomic E-state index is 0.835. The van der Waals surface area contributed by atoms with Gasteiger partial charge < -0.3 is 0 Å². The van der Waals surface area contributed by atoms with Crippen LogP contribution in [0.25, 0.3) is 0 Å². The van der Waals surface area contributed by atoms with E-state index in [1.54, 1.807) is 9.59 Å². The number of hydrogen-bond donors (Lipinski definition) is 0. The van der Waals surface area contributed by atoms with E-state index in [1.807, 2.05) is 0 Å². The highest BCUT2D eigenvalue weighted by atomic mass is 15.6. The van der Waals surface area contributed by atoms with Gasteiger partial charge in [-0.2, -0.15) is 9.59 Å². The number of hydrogen-bond acceptors (Lipinski definition) is 6. The smallest absolute Gasteiger partial charge is 0.162 e. The molecule has 0 saturated carbocycles. The number of aromatic nitrogens is 8. The summed E-state index contributed by atoms with van der Waals surface area (Å²) in [5.41, 5.74) is 0. The first kappa shape index (κ1) is 10.7. The van der Waals surface area contributed by atoms with Crippen molar-refractivity contribution in [3.8, 4) is 0 Å². The van der Waals surface area contributed by atoms with Crippen molar-refractivity contribution in [1.29, 1.82) is 0 Å². The van der Waals surface area contributed by atoms with Gasteiger partial charge in [-0.15, -0.1) is 20.4 Å². The van der Waals surface area contributed by atoms with Crippen molar-refractivity contribution in [2.24, 2.45) is 0 Å².